The summed E-state index contributed by atoms with van der Waals surface area (Å²) in [6, 6.07) is 7.96. The number of likely N-dealkylation sites (N-methyl/N-ethyl adjacent to an activating group) is 1. The molecule has 1 aliphatic heterocycles. The van der Waals surface area contributed by atoms with E-state index in [0.29, 0.717) is 13.1 Å². The highest BCUT2D eigenvalue weighted by molar-refractivity contribution is 5.83. The molecule has 2 atom stereocenters. The highest BCUT2D eigenvalue weighted by atomic mass is 16.5. The predicted molar refractivity (Wildman–Crippen MR) is 71.0 cm³/mol. The third-order valence-corrected chi connectivity index (χ3v) is 3.53. The number of nitrogens with zero attached hydrogens (tertiary/aromatic N) is 1. The van der Waals surface area contributed by atoms with E-state index in [0.717, 1.165) is 16.5 Å². The number of carbonyl (C=O) groups is 1. The van der Waals surface area contributed by atoms with E-state index in [-0.39, 0.29) is 6.10 Å². The summed E-state index contributed by atoms with van der Waals surface area (Å²) in [4.78, 5) is 16.3. The smallest absolute Gasteiger partial charge is 0.334 e. The SMILES string of the molecule is CN1CC(C(=O)O)OC(c2cccc3[nH]ccc23)C1. The molecule has 1 aromatic heterocycles. The number of carboxylic acids is 1. The molecule has 19 heavy (non-hydrogen) atoms. The van der Waals surface area contributed by atoms with Crippen molar-refractivity contribution >= 4 is 16.9 Å². The Bertz CT molecular complexity index is 608. The minimum atomic E-state index is -0.905. The molecule has 1 saturated heterocycles. The lowest BCUT2D eigenvalue weighted by Crippen LogP contribution is -2.45. The molecular weight excluding hydrogens is 244 g/mol. The maximum atomic E-state index is 11.1. The summed E-state index contributed by atoms with van der Waals surface area (Å²) in [5.74, 6) is -0.905. The van der Waals surface area contributed by atoms with Crippen molar-refractivity contribution in [1.82, 2.24) is 9.88 Å². The van der Waals surface area contributed by atoms with Gasteiger partial charge in [0.1, 0.15) is 0 Å². The van der Waals surface area contributed by atoms with Gasteiger partial charge in [-0.15, -0.1) is 0 Å². The van der Waals surface area contributed by atoms with Gasteiger partial charge in [0, 0.05) is 30.2 Å². The van der Waals surface area contributed by atoms with Crippen molar-refractivity contribution in [3.8, 4) is 0 Å². The molecule has 5 nitrogen and oxygen atoms in total. The summed E-state index contributed by atoms with van der Waals surface area (Å²) in [6.07, 6.45) is 0.910. The Morgan fingerprint density at radius 2 is 2.26 bits per heavy atom. The van der Waals surface area contributed by atoms with E-state index in [2.05, 4.69) is 4.98 Å². The van der Waals surface area contributed by atoms with Gasteiger partial charge in [-0.3, -0.25) is 0 Å². The lowest BCUT2D eigenvalue weighted by molar-refractivity contribution is -0.163. The Morgan fingerprint density at radius 3 is 3.05 bits per heavy atom. The quantitative estimate of drug-likeness (QED) is 0.861. The second-order valence-electron chi connectivity index (χ2n) is 4.96. The van der Waals surface area contributed by atoms with Gasteiger partial charge in [0.2, 0.25) is 0 Å². The molecule has 0 radical (unpaired) electrons. The van der Waals surface area contributed by atoms with Crippen molar-refractivity contribution in [1.29, 1.82) is 0 Å². The van der Waals surface area contributed by atoms with Gasteiger partial charge < -0.3 is 19.7 Å². The molecule has 0 amide bonds. The van der Waals surface area contributed by atoms with Crippen LogP contribution < -0.4 is 0 Å². The fourth-order valence-electron chi connectivity index (χ4n) is 2.62. The van der Waals surface area contributed by atoms with E-state index >= 15 is 0 Å². The van der Waals surface area contributed by atoms with E-state index < -0.39 is 12.1 Å². The maximum absolute atomic E-state index is 11.1. The molecule has 2 N–H and O–H groups in total. The number of hydrogen-bond donors (Lipinski definition) is 2. The minimum Gasteiger partial charge on any atom is -0.479 e. The van der Waals surface area contributed by atoms with Crippen LogP contribution in [0.2, 0.25) is 0 Å². The summed E-state index contributed by atoms with van der Waals surface area (Å²) in [5.41, 5.74) is 2.08. The van der Waals surface area contributed by atoms with Crippen LogP contribution in [-0.2, 0) is 9.53 Å². The third kappa shape index (κ3) is 2.22. The van der Waals surface area contributed by atoms with Crippen molar-refractivity contribution in [2.75, 3.05) is 20.1 Å². The van der Waals surface area contributed by atoms with Crippen LogP contribution in [0.5, 0.6) is 0 Å². The first-order valence-electron chi connectivity index (χ1n) is 6.28. The van der Waals surface area contributed by atoms with Crippen LogP contribution in [-0.4, -0.2) is 47.2 Å². The van der Waals surface area contributed by atoms with E-state index in [9.17, 15) is 4.79 Å². The average Bonchev–Trinajstić information content (AvgIpc) is 2.85. The monoisotopic (exact) mass is 260 g/mol. The maximum Gasteiger partial charge on any atom is 0.334 e. The first-order chi connectivity index (χ1) is 9.15. The van der Waals surface area contributed by atoms with Crippen molar-refractivity contribution in [3.05, 3.63) is 36.0 Å². The number of carboxylic acid groups (broad SMARTS) is 1. The number of nitrogens with one attached hydrogen (secondary N) is 1. The van der Waals surface area contributed by atoms with Gasteiger partial charge in [-0.25, -0.2) is 4.79 Å². The number of fused-ring (bicyclic) bond motifs is 1. The van der Waals surface area contributed by atoms with Crippen LogP contribution in [0, 0.1) is 0 Å². The number of H-pyrrole nitrogens is 1. The summed E-state index contributed by atoms with van der Waals surface area (Å²) >= 11 is 0. The van der Waals surface area contributed by atoms with Gasteiger partial charge >= 0.3 is 5.97 Å². The first-order valence-corrected chi connectivity index (χ1v) is 6.28. The predicted octanol–water partition coefficient (Wildman–Crippen LogP) is 1.62. The molecular formula is C14H16N2O3. The Balaban J connectivity index is 1.96. The van der Waals surface area contributed by atoms with Crippen molar-refractivity contribution in [2.24, 2.45) is 0 Å². The van der Waals surface area contributed by atoms with Crippen LogP contribution >= 0.6 is 0 Å². The molecule has 2 aromatic rings. The molecule has 100 valence electrons. The second kappa shape index (κ2) is 4.68. The molecule has 0 aliphatic carbocycles. The van der Waals surface area contributed by atoms with Gasteiger partial charge in [-0.05, 0) is 24.7 Å². The van der Waals surface area contributed by atoms with Gasteiger partial charge in [0.25, 0.3) is 0 Å². The standard InChI is InChI=1S/C14H16N2O3/c1-16-7-12(19-13(8-16)14(17)18)10-3-2-4-11-9(10)5-6-15-11/h2-6,12-13,15H,7-8H2,1H3,(H,17,18). The topological polar surface area (TPSA) is 65.6 Å². The summed E-state index contributed by atoms with van der Waals surface area (Å²) in [7, 11) is 1.92. The van der Waals surface area contributed by atoms with Gasteiger partial charge in [-0.2, -0.15) is 0 Å². The van der Waals surface area contributed by atoms with Gasteiger partial charge in [0.15, 0.2) is 6.10 Å². The van der Waals surface area contributed by atoms with Gasteiger partial charge in [-0.1, -0.05) is 12.1 Å². The summed E-state index contributed by atoms with van der Waals surface area (Å²) in [5, 5.41) is 10.2. The first kappa shape index (κ1) is 12.2. The van der Waals surface area contributed by atoms with Gasteiger partial charge in [0.05, 0.1) is 6.10 Å². The third-order valence-electron chi connectivity index (χ3n) is 3.53. The molecule has 1 aromatic carbocycles. The fourth-order valence-corrected chi connectivity index (χ4v) is 2.62. The molecule has 0 spiro atoms. The number of aromatic amines is 1. The Kier molecular flexibility index (Phi) is 3.00. The normalized spacial score (nSPS) is 24.7. The largest absolute Gasteiger partial charge is 0.479 e. The van der Waals surface area contributed by atoms with Crippen LogP contribution in [0.3, 0.4) is 0 Å². The summed E-state index contributed by atoms with van der Waals surface area (Å²) < 4.78 is 5.73. The van der Waals surface area contributed by atoms with Crippen molar-refractivity contribution in [3.63, 3.8) is 0 Å². The zero-order chi connectivity index (χ0) is 13.4. The number of aliphatic carboxylic acids is 1. The lowest BCUT2D eigenvalue weighted by Gasteiger charge is -2.34. The average molecular weight is 260 g/mol. The van der Waals surface area contributed by atoms with E-state index in [1.54, 1.807) is 0 Å². The van der Waals surface area contributed by atoms with E-state index in [4.69, 9.17) is 9.84 Å². The zero-order valence-corrected chi connectivity index (χ0v) is 10.7. The number of ether oxygens (including phenoxy) is 1. The van der Waals surface area contributed by atoms with Crippen LogP contribution in [0.4, 0.5) is 0 Å². The lowest BCUT2D eigenvalue weighted by atomic mass is 10.0. The van der Waals surface area contributed by atoms with Crippen LogP contribution in [0.1, 0.15) is 11.7 Å². The number of aromatic nitrogens is 1. The molecule has 5 heteroatoms. The number of morpholine rings is 1. The van der Waals surface area contributed by atoms with E-state index in [1.165, 1.54) is 0 Å². The molecule has 2 unspecified atom stereocenters. The molecule has 0 bridgehead atoms. The van der Waals surface area contributed by atoms with E-state index in [1.807, 2.05) is 42.4 Å². The molecule has 1 aliphatic rings. The highest BCUT2D eigenvalue weighted by Gasteiger charge is 2.32. The fraction of sp³-hybridized carbons (Fsp3) is 0.357. The Labute approximate surface area is 110 Å². The highest BCUT2D eigenvalue weighted by Crippen LogP contribution is 2.30. The van der Waals surface area contributed by atoms with Crippen LogP contribution in [0.25, 0.3) is 10.9 Å². The Hall–Kier alpha value is -1.85. The van der Waals surface area contributed by atoms with Crippen molar-refractivity contribution < 1.29 is 14.6 Å². The minimum absolute atomic E-state index is 0.209. The number of benzene rings is 1. The Morgan fingerprint density at radius 1 is 1.42 bits per heavy atom. The summed E-state index contributed by atoms with van der Waals surface area (Å²) in [6.45, 7) is 1.13. The number of rotatable bonds is 2. The second-order valence-corrected chi connectivity index (χ2v) is 4.96. The molecule has 1 fully saturated rings. The zero-order valence-electron chi connectivity index (χ0n) is 10.7. The molecule has 0 saturated carbocycles. The van der Waals surface area contributed by atoms with Crippen molar-refractivity contribution in [2.45, 2.75) is 12.2 Å². The van der Waals surface area contributed by atoms with Crippen LogP contribution in [0.15, 0.2) is 30.5 Å². The molecule has 3 rings (SSSR count). The molecule has 2 heterocycles. The number of hydrogen-bond acceptors (Lipinski definition) is 3.